The van der Waals surface area contributed by atoms with E-state index in [1.165, 1.54) is 24.6 Å². The molecule has 5 nitrogen and oxygen atoms in total. The molecule has 6 heteroatoms. The highest BCUT2D eigenvalue weighted by Crippen LogP contribution is 2.37. The molecule has 0 N–H and O–H groups in total. The Labute approximate surface area is 141 Å². The van der Waals surface area contributed by atoms with Gasteiger partial charge in [0.1, 0.15) is 6.33 Å². The van der Waals surface area contributed by atoms with Crippen LogP contribution in [0.25, 0.3) is 0 Å². The maximum absolute atomic E-state index is 12.6. The lowest BCUT2D eigenvalue weighted by Crippen LogP contribution is -2.37. The first-order chi connectivity index (χ1) is 11.1. The van der Waals surface area contributed by atoms with Crippen molar-refractivity contribution in [3.8, 4) is 0 Å². The second-order valence-electron chi connectivity index (χ2n) is 6.14. The average molecular weight is 330 g/mol. The molecule has 1 saturated carbocycles. The van der Waals surface area contributed by atoms with Crippen molar-refractivity contribution in [2.24, 2.45) is 0 Å². The average Bonchev–Trinajstić information content (AvgIpc) is 3.29. The highest BCUT2D eigenvalue weighted by molar-refractivity contribution is 7.99. The van der Waals surface area contributed by atoms with E-state index in [9.17, 15) is 4.79 Å². The number of aromatic nitrogens is 3. The van der Waals surface area contributed by atoms with Gasteiger partial charge in [-0.1, -0.05) is 42.1 Å². The minimum Gasteiger partial charge on any atom is -0.335 e. The van der Waals surface area contributed by atoms with E-state index in [0.29, 0.717) is 18.3 Å². The zero-order valence-corrected chi connectivity index (χ0v) is 14.4. The third-order valence-corrected chi connectivity index (χ3v) is 4.89. The summed E-state index contributed by atoms with van der Waals surface area (Å²) in [7, 11) is 0. The van der Waals surface area contributed by atoms with Crippen LogP contribution in [0.2, 0.25) is 0 Å². The van der Waals surface area contributed by atoms with Gasteiger partial charge in [-0.3, -0.25) is 4.79 Å². The summed E-state index contributed by atoms with van der Waals surface area (Å²) in [5.74, 6) is 0.537. The molecule has 0 aliphatic heterocycles. The summed E-state index contributed by atoms with van der Waals surface area (Å²) < 4.78 is 2.09. The summed E-state index contributed by atoms with van der Waals surface area (Å²) in [6.45, 7) is 4.75. The first-order valence-corrected chi connectivity index (χ1v) is 8.99. The van der Waals surface area contributed by atoms with Crippen LogP contribution in [0.4, 0.5) is 0 Å². The zero-order valence-electron chi connectivity index (χ0n) is 13.6. The minimum atomic E-state index is 0.138. The van der Waals surface area contributed by atoms with Crippen LogP contribution in [0.1, 0.15) is 38.3 Å². The lowest BCUT2D eigenvalue weighted by Gasteiger charge is -2.26. The minimum absolute atomic E-state index is 0.138. The second kappa shape index (κ2) is 7.17. The molecule has 0 radical (unpaired) electrons. The van der Waals surface area contributed by atoms with E-state index in [1.54, 1.807) is 6.33 Å². The molecule has 23 heavy (non-hydrogen) atoms. The van der Waals surface area contributed by atoms with Crippen LogP contribution < -0.4 is 0 Å². The van der Waals surface area contributed by atoms with Gasteiger partial charge in [0.25, 0.3) is 0 Å². The van der Waals surface area contributed by atoms with E-state index in [-0.39, 0.29) is 11.9 Å². The van der Waals surface area contributed by atoms with Gasteiger partial charge in [0.05, 0.1) is 5.75 Å². The van der Waals surface area contributed by atoms with Crippen LogP contribution in [0.15, 0.2) is 41.8 Å². The molecule has 0 unspecified atom stereocenters. The lowest BCUT2D eigenvalue weighted by atomic mass is 10.2. The Morgan fingerprint density at radius 3 is 2.74 bits per heavy atom. The van der Waals surface area contributed by atoms with Crippen LogP contribution in [0, 0.1) is 0 Å². The predicted octanol–water partition coefficient (Wildman–Crippen LogP) is 3.14. The zero-order chi connectivity index (χ0) is 16.2. The topological polar surface area (TPSA) is 51.0 Å². The monoisotopic (exact) mass is 330 g/mol. The van der Waals surface area contributed by atoms with Crippen LogP contribution >= 0.6 is 11.8 Å². The Morgan fingerprint density at radius 2 is 2.09 bits per heavy atom. The standard InChI is InChI=1S/C17H22N4OS/c1-13(2)20(10-14-6-4-3-5-7-14)16(22)11-23-17-19-18-12-21(17)15-8-9-15/h3-7,12-13,15H,8-11H2,1-2H3. The number of carbonyl (C=O) groups is 1. The van der Waals surface area contributed by atoms with E-state index in [1.807, 2.05) is 23.1 Å². The first-order valence-electron chi connectivity index (χ1n) is 8.01. The third kappa shape index (κ3) is 4.13. The highest BCUT2D eigenvalue weighted by atomic mass is 32.2. The SMILES string of the molecule is CC(C)N(Cc1ccccc1)C(=O)CSc1nncn1C1CC1. The summed E-state index contributed by atoms with van der Waals surface area (Å²) >= 11 is 1.48. The van der Waals surface area contributed by atoms with Crippen molar-refractivity contribution in [1.82, 2.24) is 19.7 Å². The molecule has 1 aliphatic carbocycles. The molecule has 1 aromatic heterocycles. The fourth-order valence-corrected chi connectivity index (χ4v) is 3.36. The Hall–Kier alpha value is -1.82. The molecule has 0 bridgehead atoms. The maximum Gasteiger partial charge on any atom is 0.233 e. The van der Waals surface area contributed by atoms with Crippen molar-refractivity contribution < 1.29 is 4.79 Å². The Kier molecular flexibility index (Phi) is 5.00. The molecule has 3 rings (SSSR count). The number of amides is 1. The number of thioether (sulfide) groups is 1. The second-order valence-corrected chi connectivity index (χ2v) is 7.08. The number of benzene rings is 1. The summed E-state index contributed by atoms with van der Waals surface area (Å²) in [5, 5.41) is 8.97. The van der Waals surface area contributed by atoms with E-state index in [0.717, 1.165) is 10.7 Å². The number of hydrogen-bond donors (Lipinski definition) is 0. The molecular formula is C17H22N4OS. The van der Waals surface area contributed by atoms with Gasteiger partial charge in [-0.05, 0) is 32.3 Å². The molecule has 1 aromatic carbocycles. The molecule has 2 aromatic rings. The Bertz CT molecular complexity index is 652. The lowest BCUT2D eigenvalue weighted by molar-refractivity contribution is -0.130. The summed E-state index contributed by atoms with van der Waals surface area (Å²) in [5.41, 5.74) is 1.15. The van der Waals surface area contributed by atoms with E-state index < -0.39 is 0 Å². The maximum atomic E-state index is 12.6. The Balaban J connectivity index is 1.61. The van der Waals surface area contributed by atoms with Crippen molar-refractivity contribution in [3.05, 3.63) is 42.2 Å². The van der Waals surface area contributed by atoms with Crippen LogP contribution in [0.3, 0.4) is 0 Å². The van der Waals surface area contributed by atoms with Crippen molar-refractivity contribution >= 4 is 17.7 Å². The van der Waals surface area contributed by atoms with Gasteiger partial charge in [0, 0.05) is 18.6 Å². The third-order valence-electron chi connectivity index (χ3n) is 3.94. The van der Waals surface area contributed by atoms with E-state index in [4.69, 9.17) is 0 Å². The van der Waals surface area contributed by atoms with Crippen LogP contribution in [-0.2, 0) is 11.3 Å². The number of nitrogens with zero attached hydrogens (tertiary/aromatic N) is 4. The van der Waals surface area contributed by atoms with Gasteiger partial charge in [0.15, 0.2) is 5.16 Å². The van der Waals surface area contributed by atoms with Crippen molar-refractivity contribution in [1.29, 1.82) is 0 Å². The van der Waals surface area contributed by atoms with Crippen molar-refractivity contribution in [3.63, 3.8) is 0 Å². The normalized spacial score (nSPS) is 14.2. The summed E-state index contributed by atoms with van der Waals surface area (Å²) in [4.78, 5) is 14.5. The van der Waals surface area contributed by atoms with Gasteiger partial charge in [-0.15, -0.1) is 10.2 Å². The van der Waals surface area contributed by atoms with Crippen LogP contribution in [0.5, 0.6) is 0 Å². The number of hydrogen-bond acceptors (Lipinski definition) is 4. The van der Waals surface area contributed by atoms with Gasteiger partial charge in [0.2, 0.25) is 5.91 Å². The predicted molar refractivity (Wildman–Crippen MR) is 91.1 cm³/mol. The molecule has 1 fully saturated rings. The fourth-order valence-electron chi connectivity index (χ4n) is 2.49. The highest BCUT2D eigenvalue weighted by Gasteiger charge is 2.27. The van der Waals surface area contributed by atoms with Gasteiger partial charge in [-0.2, -0.15) is 0 Å². The van der Waals surface area contributed by atoms with Crippen molar-refractivity contribution in [2.45, 2.75) is 50.5 Å². The largest absolute Gasteiger partial charge is 0.335 e. The molecule has 1 amide bonds. The summed E-state index contributed by atoms with van der Waals surface area (Å²) in [6, 6.07) is 10.8. The van der Waals surface area contributed by atoms with Crippen molar-refractivity contribution in [2.75, 3.05) is 5.75 Å². The fraction of sp³-hybridized carbons (Fsp3) is 0.471. The summed E-state index contributed by atoms with van der Waals surface area (Å²) in [6.07, 6.45) is 4.14. The van der Waals surface area contributed by atoms with E-state index >= 15 is 0 Å². The molecule has 1 aliphatic rings. The van der Waals surface area contributed by atoms with Gasteiger partial charge >= 0.3 is 0 Å². The number of carbonyl (C=O) groups excluding carboxylic acids is 1. The van der Waals surface area contributed by atoms with Gasteiger partial charge in [-0.25, -0.2) is 0 Å². The molecule has 1 heterocycles. The smallest absolute Gasteiger partial charge is 0.233 e. The molecule has 0 spiro atoms. The Morgan fingerprint density at radius 1 is 1.35 bits per heavy atom. The molecular weight excluding hydrogens is 308 g/mol. The first kappa shape index (κ1) is 16.1. The molecule has 122 valence electrons. The van der Waals surface area contributed by atoms with E-state index in [2.05, 4.69) is 40.7 Å². The molecule has 0 atom stereocenters. The molecule has 0 saturated heterocycles. The quantitative estimate of drug-likeness (QED) is 0.732. The van der Waals surface area contributed by atoms with Gasteiger partial charge < -0.3 is 9.47 Å². The number of rotatable bonds is 7. The van der Waals surface area contributed by atoms with Crippen LogP contribution in [-0.4, -0.2) is 37.4 Å².